The first-order valence-corrected chi connectivity index (χ1v) is 7.66. The second kappa shape index (κ2) is 6.26. The third kappa shape index (κ3) is 3.30. The molecular weight excluding hydrogens is 240 g/mol. The highest BCUT2D eigenvalue weighted by molar-refractivity contribution is 5.41. The fourth-order valence-electron chi connectivity index (χ4n) is 2.77. The Bertz CT molecular complexity index is 576. The quantitative estimate of drug-likeness (QED) is 0.653. The summed E-state index contributed by atoms with van der Waals surface area (Å²) in [6, 6.07) is 15.7. The van der Waals surface area contributed by atoms with E-state index in [1.54, 1.807) is 0 Å². The summed E-state index contributed by atoms with van der Waals surface area (Å²) >= 11 is 0. The molecule has 0 aliphatic rings. The summed E-state index contributed by atoms with van der Waals surface area (Å²) in [6.45, 7) is 11.3. The fourth-order valence-corrected chi connectivity index (χ4v) is 2.77. The van der Waals surface area contributed by atoms with Gasteiger partial charge in [0.25, 0.3) is 0 Å². The lowest BCUT2D eigenvalue weighted by molar-refractivity contribution is 0.841. The van der Waals surface area contributed by atoms with Crippen molar-refractivity contribution >= 4 is 0 Å². The Morgan fingerprint density at radius 3 is 2.20 bits per heavy atom. The summed E-state index contributed by atoms with van der Waals surface area (Å²) in [6.07, 6.45) is 1.04. The van der Waals surface area contributed by atoms with Crippen molar-refractivity contribution in [3.63, 3.8) is 0 Å². The zero-order valence-electron chi connectivity index (χ0n) is 13.4. The molecule has 0 spiro atoms. The Morgan fingerprint density at radius 1 is 0.850 bits per heavy atom. The predicted octanol–water partition coefficient (Wildman–Crippen LogP) is 5.83. The molecule has 0 nitrogen and oxygen atoms in total. The highest BCUT2D eigenvalue weighted by Gasteiger charge is 2.10. The minimum Gasteiger partial charge on any atom is -0.0617 e. The molecule has 2 rings (SSSR count). The molecule has 0 saturated carbocycles. The van der Waals surface area contributed by atoms with Crippen LogP contribution in [0.1, 0.15) is 67.3 Å². The summed E-state index contributed by atoms with van der Waals surface area (Å²) in [7, 11) is 0. The number of hydrogen-bond donors (Lipinski definition) is 0. The van der Waals surface area contributed by atoms with Gasteiger partial charge in [0.15, 0.2) is 0 Å². The number of rotatable bonds is 4. The van der Waals surface area contributed by atoms with Gasteiger partial charge in [0.05, 0.1) is 0 Å². The summed E-state index contributed by atoms with van der Waals surface area (Å²) < 4.78 is 0. The topological polar surface area (TPSA) is 0 Å². The van der Waals surface area contributed by atoms with Crippen molar-refractivity contribution in [3.8, 4) is 0 Å². The van der Waals surface area contributed by atoms with Crippen LogP contribution in [-0.4, -0.2) is 0 Å². The van der Waals surface area contributed by atoms with Gasteiger partial charge >= 0.3 is 0 Å². The van der Waals surface area contributed by atoms with Gasteiger partial charge < -0.3 is 0 Å². The second-order valence-corrected chi connectivity index (χ2v) is 6.37. The van der Waals surface area contributed by atoms with Crippen LogP contribution >= 0.6 is 0 Å². The number of hydrogen-bond acceptors (Lipinski definition) is 0. The molecule has 0 aliphatic heterocycles. The van der Waals surface area contributed by atoms with Crippen molar-refractivity contribution in [1.29, 1.82) is 0 Å². The van der Waals surface area contributed by atoms with Crippen LogP contribution in [0.4, 0.5) is 0 Å². The maximum Gasteiger partial charge on any atom is -0.00202 e. The van der Waals surface area contributed by atoms with Gasteiger partial charge in [-0.1, -0.05) is 70.2 Å². The van der Waals surface area contributed by atoms with Crippen LogP contribution in [0.15, 0.2) is 42.5 Å². The molecule has 0 unspecified atom stereocenters. The van der Waals surface area contributed by atoms with E-state index in [9.17, 15) is 0 Å². The van der Waals surface area contributed by atoms with Gasteiger partial charge in [-0.25, -0.2) is 0 Å². The van der Waals surface area contributed by atoms with Crippen molar-refractivity contribution < 1.29 is 0 Å². The van der Waals surface area contributed by atoms with Crippen LogP contribution in [-0.2, 0) is 6.42 Å². The van der Waals surface area contributed by atoms with E-state index in [4.69, 9.17) is 0 Å². The maximum atomic E-state index is 2.36. The van der Waals surface area contributed by atoms with Gasteiger partial charge in [0.1, 0.15) is 0 Å². The monoisotopic (exact) mass is 266 g/mol. The molecule has 0 aliphatic carbocycles. The Balaban J connectivity index is 2.37. The Kier molecular flexibility index (Phi) is 4.65. The standard InChI is InChI=1S/C20H26/c1-14(2)18-10-7-9-17(12-18)13-20-16(5)8-6-11-19(20)15(3)4/h6-12,14-15H,13H2,1-5H3. The van der Waals surface area contributed by atoms with Crippen molar-refractivity contribution in [2.75, 3.05) is 0 Å². The van der Waals surface area contributed by atoms with Crippen LogP contribution < -0.4 is 0 Å². The van der Waals surface area contributed by atoms with E-state index >= 15 is 0 Å². The van der Waals surface area contributed by atoms with E-state index in [2.05, 4.69) is 77.1 Å². The van der Waals surface area contributed by atoms with Crippen molar-refractivity contribution in [2.45, 2.75) is 52.9 Å². The lowest BCUT2D eigenvalue weighted by atomic mass is 9.89. The first kappa shape index (κ1) is 14.8. The van der Waals surface area contributed by atoms with Crippen molar-refractivity contribution in [3.05, 3.63) is 70.3 Å². The molecule has 0 aromatic heterocycles. The summed E-state index contributed by atoms with van der Waals surface area (Å²) in [5, 5.41) is 0. The molecule has 0 atom stereocenters. The largest absolute Gasteiger partial charge is 0.0617 e. The van der Waals surface area contributed by atoms with Gasteiger partial charge in [0, 0.05) is 0 Å². The third-order valence-electron chi connectivity index (χ3n) is 4.07. The first-order valence-electron chi connectivity index (χ1n) is 7.66. The van der Waals surface area contributed by atoms with E-state index in [0.29, 0.717) is 11.8 Å². The number of aryl methyl sites for hydroxylation is 1. The molecule has 0 radical (unpaired) electrons. The smallest absolute Gasteiger partial charge is 0.00202 e. The molecule has 0 heterocycles. The molecule has 0 N–H and O–H groups in total. The lowest BCUT2D eigenvalue weighted by Crippen LogP contribution is -2.01. The normalized spacial score (nSPS) is 11.3. The SMILES string of the molecule is Cc1cccc(C(C)C)c1Cc1cccc(C(C)C)c1. The molecule has 0 fully saturated rings. The maximum absolute atomic E-state index is 2.36. The number of benzene rings is 2. The Morgan fingerprint density at radius 2 is 1.55 bits per heavy atom. The molecule has 106 valence electrons. The zero-order chi connectivity index (χ0) is 14.7. The van der Waals surface area contributed by atoms with Crippen molar-refractivity contribution in [2.24, 2.45) is 0 Å². The average molecular weight is 266 g/mol. The van der Waals surface area contributed by atoms with E-state index in [-0.39, 0.29) is 0 Å². The minimum atomic E-state index is 0.582. The van der Waals surface area contributed by atoms with Gasteiger partial charge in [0.2, 0.25) is 0 Å². The van der Waals surface area contributed by atoms with Gasteiger partial charge in [-0.3, -0.25) is 0 Å². The summed E-state index contributed by atoms with van der Waals surface area (Å²) in [4.78, 5) is 0. The molecule has 0 bridgehead atoms. The Labute approximate surface area is 123 Å². The molecule has 0 saturated heterocycles. The Hall–Kier alpha value is -1.56. The third-order valence-corrected chi connectivity index (χ3v) is 4.07. The van der Waals surface area contributed by atoms with Crippen molar-refractivity contribution in [1.82, 2.24) is 0 Å². The van der Waals surface area contributed by atoms with Crippen LogP contribution in [0.3, 0.4) is 0 Å². The highest BCUT2D eigenvalue weighted by Crippen LogP contribution is 2.26. The minimum absolute atomic E-state index is 0.582. The zero-order valence-corrected chi connectivity index (χ0v) is 13.4. The highest BCUT2D eigenvalue weighted by atomic mass is 14.1. The van der Waals surface area contributed by atoms with E-state index in [1.807, 2.05) is 0 Å². The average Bonchev–Trinajstić information content (AvgIpc) is 2.41. The molecule has 2 aromatic carbocycles. The van der Waals surface area contributed by atoms with E-state index in [0.717, 1.165) is 6.42 Å². The van der Waals surface area contributed by atoms with Crippen LogP contribution in [0.5, 0.6) is 0 Å². The lowest BCUT2D eigenvalue weighted by Gasteiger charge is -2.16. The second-order valence-electron chi connectivity index (χ2n) is 6.37. The molecule has 20 heavy (non-hydrogen) atoms. The predicted molar refractivity (Wildman–Crippen MR) is 88.6 cm³/mol. The summed E-state index contributed by atoms with van der Waals surface area (Å²) in [5.74, 6) is 1.18. The van der Waals surface area contributed by atoms with Gasteiger partial charge in [-0.15, -0.1) is 0 Å². The molecule has 0 heteroatoms. The van der Waals surface area contributed by atoms with Gasteiger partial charge in [-0.05, 0) is 53.0 Å². The van der Waals surface area contributed by atoms with Crippen LogP contribution in [0.25, 0.3) is 0 Å². The van der Waals surface area contributed by atoms with Crippen LogP contribution in [0.2, 0.25) is 0 Å². The van der Waals surface area contributed by atoms with Gasteiger partial charge in [-0.2, -0.15) is 0 Å². The van der Waals surface area contributed by atoms with E-state index < -0.39 is 0 Å². The summed E-state index contributed by atoms with van der Waals surface area (Å²) in [5.41, 5.74) is 7.25. The van der Waals surface area contributed by atoms with E-state index in [1.165, 1.54) is 27.8 Å². The van der Waals surface area contributed by atoms with Crippen LogP contribution in [0, 0.1) is 6.92 Å². The molecule has 2 aromatic rings. The first-order chi connectivity index (χ1) is 9.49. The molecular formula is C20H26. The molecule has 0 amide bonds. The fraction of sp³-hybridized carbons (Fsp3) is 0.400.